The van der Waals surface area contributed by atoms with E-state index in [-0.39, 0.29) is 18.5 Å². The minimum absolute atomic E-state index is 0.152. The Labute approximate surface area is 123 Å². The highest BCUT2D eigenvalue weighted by Gasteiger charge is 2.40. The molecule has 1 fully saturated rings. The zero-order chi connectivity index (χ0) is 14.9. The second kappa shape index (κ2) is 5.49. The Balaban J connectivity index is 2.25. The van der Waals surface area contributed by atoms with Crippen molar-refractivity contribution < 1.29 is 19.1 Å². The van der Waals surface area contributed by atoms with Crippen LogP contribution in [-0.4, -0.2) is 40.5 Å². The van der Waals surface area contributed by atoms with E-state index in [0.717, 1.165) is 6.07 Å². The number of likely N-dealkylation sites (tertiary alicyclic amines) is 1. The third kappa shape index (κ3) is 2.83. The van der Waals surface area contributed by atoms with Crippen molar-refractivity contribution in [2.45, 2.75) is 18.4 Å². The highest BCUT2D eigenvalue weighted by atomic mass is 79.9. The second-order valence-electron chi connectivity index (χ2n) is 4.85. The number of aliphatic hydroxyl groups is 1. The molecule has 2 rings (SSSR count). The molecular weight excluding hydrogens is 331 g/mol. The van der Waals surface area contributed by atoms with Gasteiger partial charge in [0.2, 0.25) is 0 Å². The fraction of sp³-hybridized carbons (Fsp3) is 0.385. The molecule has 1 atom stereocenters. The first kappa shape index (κ1) is 14.9. The number of hydrogen-bond donors (Lipinski definition) is 2. The summed E-state index contributed by atoms with van der Waals surface area (Å²) >= 11 is 3.19. The molecule has 1 aromatic rings. The normalized spacial score (nSPS) is 22.6. The molecule has 0 saturated carbocycles. The van der Waals surface area contributed by atoms with Crippen LogP contribution in [0.5, 0.6) is 0 Å². The van der Waals surface area contributed by atoms with Gasteiger partial charge in [0.05, 0.1) is 12.1 Å². The Kier molecular flexibility index (Phi) is 4.10. The van der Waals surface area contributed by atoms with Crippen LogP contribution >= 0.6 is 15.9 Å². The SMILES string of the molecule is NC(=O)[C@]1(O)CCCN(C(=O)c2cc(F)ccc2Br)C1. The van der Waals surface area contributed by atoms with Gasteiger partial charge in [-0.3, -0.25) is 9.59 Å². The van der Waals surface area contributed by atoms with Gasteiger partial charge < -0.3 is 15.7 Å². The molecule has 7 heteroatoms. The first-order valence-electron chi connectivity index (χ1n) is 6.10. The molecule has 1 heterocycles. The Hall–Kier alpha value is -1.47. The number of primary amides is 1. The molecule has 1 saturated heterocycles. The molecule has 0 radical (unpaired) electrons. The maximum absolute atomic E-state index is 13.2. The summed E-state index contributed by atoms with van der Waals surface area (Å²) in [6, 6.07) is 3.79. The van der Waals surface area contributed by atoms with Gasteiger partial charge in [0.1, 0.15) is 5.82 Å². The first-order chi connectivity index (χ1) is 9.33. The maximum atomic E-state index is 13.2. The Morgan fingerprint density at radius 1 is 1.45 bits per heavy atom. The number of nitrogens with two attached hydrogens (primary N) is 1. The van der Waals surface area contributed by atoms with E-state index < -0.39 is 23.2 Å². The molecule has 1 aromatic carbocycles. The van der Waals surface area contributed by atoms with E-state index in [2.05, 4.69) is 15.9 Å². The molecule has 0 unspecified atom stereocenters. The van der Waals surface area contributed by atoms with Crippen molar-refractivity contribution >= 4 is 27.7 Å². The quantitative estimate of drug-likeness (QED) is 0.840. The molecule has 0 bridgehead atoms. The minimum atomic E-state index is -1.71. The van der Waals surface area contributed by atoms with Gasteiger partial charge >= 0.3 is 0 Å². The van der Waals surface area contributed by atoms with Crippen molar-refractivity contribution in [1.29, 1.82) is 0 Å². The second-order valence-corrected chi connectivity index (χ2v) is 5.70. The van der Waals surface area contributed by atoms with Gasteiger partial charge in [-0.1, -0.05) is 0 Å². The summed E-state index contributed by atoms with van der Waals surface area (Å²) in [6.07, 6.45) is 0.675. The lowest BCUT2D eigenvalue weighted by molar-refractivity contribution is -0.140. The fourth-order valence-corrected chi connectivity index (χ4v) is 2.66. The van der Waals surface area contributed by atoms with Crippen molar-refractivity contribution in [3.8, 4) is 0 Å². The van der Waals surface area contributed by atoms with Crippen LogP contribution in [0, 0.1) is 5.82 Å². The number of amides is 2. The summed E-state index contributed by atoms with van der Waals surface area (Å²) in [6.45, 7) is 0.210. The van der Waals surface area contributed by atoms with Gasteiger partial charge in [-0.2, -0.15) is 0 Å². The van der Waals surface area contributed by atoms with Crippen molar-refractivity contribution in [3.63, 3.8) is 0 Å². The van der Waals surface area contributed by atoms with E-state index in [4.69, 9.17) is 5.73 Å². The molecule has 20 heavy (non-hydrogen) atoms. The van der Waals surface area contributed by atoms with E-state index in [1.54, 1.807) is 0 Å². The number of nitrogens with zero attached hydrogens (tertiary/aromatic N) is 1. The van der Waals surface area contributed by atoms with Gasteiger partial charge in [-0.05, 0) is 47.0 Å². The highest BCUT2D eigenvalue weighted by Crippen LogP contribution is 2.25. The number of benzene rings is 1. The number of carbonyl (C=O) groups is 2. The summed E-state index contributed by atoms with van der Waals surface area (Å²) < 4.78 is 13.7. The van der Waals surface area contributed by atoms with E-state index >= 15 is 0 Å². The average Bonchev–Trinajstić information content (AvgIpc) is 2.40. The molecule has 2 amide bonds. The summed E-state index contributed by atoms with van der Waals surface area (Å²) in [5, 5.41) is 10.1. The third-order valence-corrected chi connectivity index (χ3v) is 4.07. The zero-order valence-corrected chi connectivity index (χ0v) is 12.2. The zero-order valence-electron chi connectivity index (χ0n) is 10.6. The first-order valence-corrected chi connectivity index (χ1v) is 6.89. The maximum Gasteiger partial charge on any atom is 0.255 e. The van der Waals surface area contributed by atoms with E-state index in [1.165, 1.54) is 17.0 Å². The lowest BCUT2D eigenvalue weighted by atomic mass is 9.92. The third-order valence-electron chi connectivity index (χ3n) is 3.38. The van der Waals surface area contributed by atoms with Crippen LogP contribution in [0.1, 0.15) is 23.2 Å². The number of β-amino-alcohol motifs (C(OH)–C–C–N with tert-alkyl or cyclic N) is 1. The van der Waals surface area contributed by atoms with Gasteiger partial charge in [-0.15, -0.1) is 0 Å². The van der Waals surface area contributed by atoms with Crippen LogP contribution in [0.4, 0.5) is 4.39 Å². The molecule has 0 aromatic heterocycles. The number of carbonyl (C=O) groups excluding carboxylic acids is 2. The van der Waals surface area contributed by atoms with Crippen molar-refractivity contribution in [2.75, 3.05) is 13.1 Å². The average molecular weight is 345 g/mol. The predicted molar refractivity (Wildman–Crippen MR) is 73.4 cm³/mol. The number of halogens is 2. The molecular formula is C13H14BrFN2O3. The predicted octanol–water partition coefficient (Wildman–Crippen LogP) is 1.04. The smallest absolute Gasteiger partial charge is 0.255 e. The van der Waals surface area contributed by atoms with Crippen LogP contribution in [-0.2, 0) is 4.79 Å². The standard InChI is InChI=1S/C13H14BrFN2O3/c14-10-3-2-8(15)6-9(10)11(18)17-5-1-4-13(20,7-17)12(16)19/h2-3,6,20H,1,4-5,7H2,(H2,16,19)/t13-/m0/s1. The molecule has 1 aliphatic heterocycles. The Bertz CT molecular complexity index is 567. The summed E-state index contributed by atoms with van der Waals surface area (Å²) in [5.74, 6) is -1.83. The number of rotatable bonds is 2. The molecule has 3 N–H and O–H groups in total. The van der Waals surface area contributed by atoms with Crippen LogP contribution < -0.4 is 5.73 Å². The van der Waals surface area contributed by atoms with Crippen molar-refractivity contribution in [3.05, 3.63) is 34.1 Å². The largest absolute Gasteiger partial charge is 0.378 e. The lowest BCUT2D eigenvalue weighted by Gasteiger charge is -2.37. The number of hydrogen-bond acceptors (Lipinski definition) is 3. The molecule has 108 valence electrons. The van der Waals surface area contributed by atoms with Crippen LogP contribution in [0.25, 0.3) is 0 Å². The van der Waals surface area contributed by atoms with E-state index in [0.29, 0.717) is 17.4 Å². The molecule has 5 nitrogen and oxygen atoms in total. The summed E-state index contributed by atoms with van der Waals surface area (Å²) in [5.41, 5.74) is 3.60. The fourth-order valence-electron chi connectivity index (χ4n) is 2.24. The van der Waals surface area contributed by atoms with Gasteiger partial charge in [0.25, 0.3) is 11.8 Å². The number of piperidine rings is 1. The van der Waals surface area contributed by atoms with Crippen molar-refractivity contribution in [1.82, 2.24) is 4.90 Å². The molecule has 1 aliphatic rings. The lowest BCUT2D eigenvalue weighted by Crippen LogP contribution is -2.57. The van der Waals surface area contributed by atoms with E-state index in [1.807, 2.05) is 0 Å². The summed E-state index contributed by atoms with van der Waals surface area (Å²) in [7, 11) is 0. The summed E-state index contributed by atoms with van der Waals surface area (Å²) in [4.78, 5) is 24.9. The van der Waals surface area contributed by atoms with Crippen molar-refractivity contribution in [2.24, 2.45) is 5.73 Å². The van der Waals surface area contributed by atoms with Crippen LogP contribution in [0.15, 0.2) is 22.7 Å². The minimum Gasteiger partial charge on any atom is -0.378 e. The molecule has 0 spiro atoms. The highest BCUT2D eigenvalue weighted by molar-refractivity contribution is 9.10. The van der Waals surface area contributed by atoms with Gasteiger partial charge in [0, 0.05) is 11.0 Å². The monoisotopic (exact) mass is 344 g/mol. The van der Waals surface area contributed by atoms with Crippen LogP contribution in [0.2, 0.25) is 0 Å². The molecule has 0 aliphatic carbocycles. The van der Waals surface area contributed by atoms with Gasteiger partial charge in [0.15, 0.2) is 5.60 Å². The van der Waals surface area contributed by atoms with Gasteiger partial charge in [-0.25, -0.2) is 4.39 Å². The van der Waals surface area contributed by atoms with Crippen LogP contribution in [0.3, 0.4) is 0 Å². The Morgan fingerprint density at radius 2 is 2.15 bits per heavy atom. The van der Waals surface area contributed by atoms with E-state index in [9.17, 15) is 19.1 Å². The topological polar surface area (TPSA) is 83.6 Å². The Morgan fingerprint density at radius 3 is 2.80 bits per heavy atom.